The molecule has 240 valence electrons. The van der Waals surface area contributed by atoms with Gasteiger partial charge in [0, 0.05) is 23.0 Å². The molecule has 49 heavy (non-hydrogen) atoms. The lowest BCUT2D eigenvalue weighted by atomic mass is 9.76. The maximum atomic E-state index is 2.36. The van der Waals surface area contributed by atoms with Crippen molar-refractivity contribution in [2.75, 3.05) is 4.90 Å². The Morgan fingerprint density at radius 1 is 0.469 bits per heavy atom. The molecule has 1 aliphatic carbocycles. The fourth-order valence-corrected chi connectivity index (χ4v) is 6.95. The quantitative estimate of drug-likeness (QED) is 0.143. The van der Waals surface area contributed by atoms with Gasteiger partial charge in [-0.25, -0.2) is 0 Å². The molecule has 0 spiro atoms. The Bertz CT molecular complexity index is 2050. The van der Waals surface area contributed by atoms with Crippen molar-refractivity contribution in [3.8, 4) is 11.1 Å². The first-order valence-electron chi connectivity index (χ1n) is 17.4. The molecular weight excluding hydrogens is 591 g/mol. The van der Waals surface area contributed by atoms with Gasteiger partial charge in [-0.2, -0.15) is 0 Å². The van der Waals surface area contributed by atoms with Crippen LogP contribution in [0.2, 0.25) is 0 Å². The monoisotopic (exact) mass is 633 g/mol. The fourth-order valence-electron chi connectivity index (χ4n) is 6.95. The van der Waals surface area contributed by atoms with E-state index in [1.54, 1.807) is 0 Å². The first-order valence-corrected chi connectivity index (χ1v) is 17.4. The van der Waals surface area contributed by atoms with Gasteiger partial charge in [0.2, 0.25) is 0 Å². The molecule has 6 aromatic carbocycles. The molecule has 0 heterocycles. The van der Waals surface area contributed by atoms with E-state index >= 15 is 0 Å². The third-order valence-electron chi connectivity index (χ3n) is 9.63. The molecule has 0 N–H and O–H groups in total. The zero-order valence-corrected chi connectivity index (χ0v) is 28.6. The Labute approximate surface area is 292 Å². The summed E-state index contributed by atoms with van der Waals surface area (Å²) in [6.07, 6.45) is 9.06. The van der Waals surface area contributed by atoms with Crippen molar-refractivity contribution >= 4 is 28.2 Å². The molecule has 6 aromatic rings. The van der Waals surface area contributed by atoms with Crippen LogP contribution in [0.25, 0.3) is 22.3 Å². The number of anilines is 3. The average molecular weight is 634 g/mol. The lowest BCUT2D eigenvalue weighted by Gasteiger charge is -2.28. The summed E-state index contributed by atoms with van der Waals surface area (Å²) in [7, 11) is 0. The zero-order valence-electron chi connectivity index (χ0n) is 28.6. The summed E-state index contributed by atoms with van der Waals surface area (Å²) in [5, 5.41) is 0. The molecule has 0 amide bonds. The molecule has 2 unspecified atom stereocenters. The van der Waals surface area contributed by atoms with Crippen LogP contribution in [0.4, 0.5) is 17.1 Å². The van der Waals surface area contributed by atoms with Gasteiger partial charge in [-0.15, -0.1) is 0 Å². The van der Waals surface area contributed by atoms with Crippen molar-refractivity contribution in [3.63, 3.8) is 0 Å². The number of hydrogen-bond donors (Lipinski definition) is 0. The minimum absolute atomic E-state index is 0.268. The Morgan fingerprint density at radius 3 is 1.47 bits per heavy atom. The number of para-hydroxylation sites is 1. The van der Waals surface area contributed by atoms with Crippen molar-refractivity contribution in [1.82, 2.24) is 0 Å². The topological polar surface area (TPSA) is 3.24 Å². The molecule has 0 bridgehead atoms. The standard InChI is InChI=1S/C48H43N/c1-35(2)37-27-31-44(32-28-37)49(43-20-11-6-12-21-43)45-33-29-39(30-34-45)38-23-25-42(26-24-38)47(40-16-7-4-8-17-40)48(41-18-9-5-10-19-41)46-22-14-13-15-36(46)3/h4-36,46H,1-3H3/b48-47-. The number of benzene rings is 6. The Morgan fingerprint density at radius 2 is 0.918 bits per heavy atom. The molecule has 7 rings (SSSR count). The Kier molecular flexibility index (Phi) is 9.53. The van der Waals surface area contributed by atoms with E-state index in [2.05, 4.69) is 214 Å². The summed E-state index contributed by atoms with van der Waals surface area (Å²) in [5.41, 5.74) is 13.5. The van der Waals surface area contributed by atoms with E-state index in [4.69, 9.17) is 0 Å². The van der Waals surface area contributed by atoms with E-state index in [1.165, 1.54) is 44.5 Å². The second-order valence-electron chi connectivity index (χ2n) is 13.2. The van der Waals surface area contributed by atoms with Crippen LogP contribution in [0, 0.1) is 11.8 Å². The van der Waals surface area contributed by atoms with E-state index < -0.39 is 0 Å². The molecule has 0 saturated heterocycles. The molecular formula is C48H43N. The van der Waals surface area contributed by atoms with Crippen LogP contribution in [0.15, 0.2) is 188 Å². The largest absolute Gasteiger partial charge is 0.311 e. The van der Waals surface area contributed by atoms with Gasteiger partial charge >= 0.3 is 0 Å². The van der Waals surface area contributed by atoms with E-state index in [-0.39, 0.29) is 5.92 Å². The van der Waals surface area contributed by atoms with Crippen LogP contribution in [0.3, 0.4) is 0 Å². The minimum Gasteiger partial charge on any atom is -0.311 e. The summed E-state index contributed by atoms with van der Waals surface area (Å²) >= 11 is 0. The Balaban J connectivity index is 1.26. The first-order chi connectivity index (χ1) is 24.1. The summed E-state index contributed by atoms with van der Waals surface area (Å²) in [5.74, 6) is 1.16. The molecule has 1 nitrogen and oxygen atoms in total. The number of hydrogen-bond acceptors (Lipinski definition) is 1. The van der Waals surface area contributed by atoms with Crippen molar-refractivity contribution in [3.05, 3.63) is 210 Å². The number of nitrogens with zero attached hydrogens (tertiary/aromatic N) is 1. The van der Waals surface area contributed by atoms with Gasteiger partial charge in [-0.1, -0.05) is 172 Å². The highest BCUT2D eigenvalue weighted by Gasteiger charge is 2.25. The van der Waals surface area contributed by atoms with Gasteiger partial charge in [0.05, 0.1) is 0 Å². The van der Waals surface area contributed by atoms with Crippen LogP contribution < -0.4 is 4.90 Å². The van der Waals surface area contributed by atoms with Gasteiger partial charge < -0.3 is 4.90 Å². The Hall–Kier alpha value is -5.66. The van der Waals surface area contributed by atoms with E-state index in [1.807, 2.05) is 0 Å². The summed E-state index contributed by atoms with van der Waals surface area (Å²) in [6.45, 7) is 6.80. The van der Waals surface area contributed by atoms with Gasteiger partial charge in [0.15, 0.2) is 0 Å². The van der Waals surface area contributed by atoms with Crippen LogP contribution in [0.5, 0.6) is 0 Å². The SMILES string of the molecule is CC(C)c1ccc(N(c2ccccc2)c2ccc(-c3ccc(/C(=C(/c4ccccc4)C4C=CC=CC4C)c4ccccc4)cc3)cc2)cc1. The maximum absolute atomic E-state index is 2.36. The first kappa shape index (κ1) is 31.9. The highest BCUT2D eigenvalue weighted by atomic mass is 15.1. The van der Waals surface area contributed by atoms with Crippen molar-refractivity contribution < 1.29 is 0 Å². The smallest absolute Gasteiger partial charge is 0.0462 e. The van der Waals surface area contributed by atoms with Crippen LogP contribution in [-0.2, 0) is 0 Å². The highest BCUT2D eigenvalue weighted by Crippen LogP contribution is 2.42. The number of rotatable bonds is 9. The van der Waals surface area contributed by atoms with Crippen molar-refractivity contribution in [1.29, 1.82) is 0 Å². The van der Waals surface area contributed by atoms with Crippen molar-refractivity contribution in [2.24, 2.45) is 11.8 Å². The lowest BCUT2D eigenvalue weighted by Crippen LogP contribution is -2.13. The molecule has 0 radical (unpaired) electrons. The summed E-state index contributed by atoms with van der Waals surface area (Å²) in [6, 6.07) is 59.5. The van der Waals surface area contributed by atoms with E-state index in [9.17, 15) is 0 Å². The predicted octanol–water partition coefficient (Wildman–Crippen LogP) is 13.3. The normalized spacial score (nSPS) is 16.0. The van der Waals surface area contributed by atoms with Crippen LogP contribution in [0.1, 0.15) is 48.9 Å². The van der Waals surface area contributed by atoms with Crippen LogP contribution in [-0.4, -0.2) is 0 Å². The maximum Gasteiger partial charge on any atom is 0.0462 e. The lowest BCUT2D eigenvalue weighted by molar-refractivity contribution is 0.621. The predicted molar refractivity (Wildman–Crippen MR) is 210 cm³/mol. The molecule has 1 aliphatic rings. The fraction of sp³-hybridized carbons (Fsp3) is 0.125. The summed E-state index contributed by atoms with van der Waals surface area (Å²) in [4.78, 5) is 2.33. The molecule has 0 aromatic heterocycles. The minimum atomic E-state index is 0.268. The van der Waals surface area contributed by atoms with Crippen molar-refractivity contribution in [2.45, 2.75) is 26.7 Å². The molecule has 0 saturated carbocycles. The molecule has 2 atom stereocenters. The summed E-state index contributed by atoms with van der Waals surface area (Å²) < 4.78 is 0. The molecule has 1 heteroatoms. The zero-order chi connectivity index (χ0) is 33.6. The molecule has 0 fully saturated rings. The average Bonchev–Trinajstić information content (AvgIpc) is 3.16. The second-order valence-corrected chi connectivity index (χ2v) is 13.2. The highest BCUT2D eigenvalue weighted by molar-refractivity contribution is 6.00. The van der Waals surface area contributed by atoms with Gasteiger partial charge in [-0.05, 0) is 92.8 Å². The third kappa shape index (κ3) is 6.98. The van der Waals surface area contributed by atoms with Gasteiger partial charge in [0.1, 0.15) is 0 Å². The third-order valence-corrected chi connectivity index (χ3v) is 9.63. The second kappa shape index (κ2) is 14.6. The molecule has 0 aliphatic heterocycles. The van der Waals surface area contributed by atoms with E-state index in [0.717, 1.165) is 17.1 Å². The van der Waals surface area contributed by atoms with E-state index in [0.29, 0.717) is 11.8 Å². The number of allylic oxidation sites excluding steroid dienone is 5. The van der Waals surface area contributed by atoms with Gasteiger partial charge in [-0.3, -0.25) is 0 Å². The van der Waals surface area contributed by atoms with Gasteiger partial charge in [0.25, 0.3) is 0 Å². The van der Waals surface area contributed by atoms with Crippen LogP contribution >= 0.6 is 0 Å².